The summed E-state index contributed by atoms with van der Waals surface area (Å²) >= 11 is 19.3. The Balaban J connectivity index is 2.10. The van der Waals surface area contributed by atoms with Crippen LogP contribution in [0.25, 0.3) is 22.2 Å². The summed E-state index contributed by atoms with van der Waals surface area (Å²) in [6.45, 7) is 3.47. The summed E-state index contributed by atoms with van der Waals surface area (Å²) in [5.41, 5.74) is 3.81. The smallest absolute Gasteiger partial charge is 0.340 e. The lowest BCUT2D eigenvalue weighted by Crippen LogP contribution is -2.18. The van der Waals surface area contributed by atoms with Gasteiger partial charge in [0.2, 0.25) is 5.95 Å². The molecule has 4 rings (SSSR count). The molecule has 0 spiro atoms. The molecule has 5 nitrogen and oxygen atoms in total. The molecular formula is C19H16Cl3N3O2. The van der Waals surface area contributed by atoms with Gasteiger partial charge in [0.15, 0.2) is 0 Å². The minimum Gasteiger partial charge on any atom is -0.465 e. The van der Waals surface area contributed by atoms with Crippen molar-refractivity contribution < 1.29 is 9.53 Å². The first kappa shape index (κ1) is 18.4. The second-order valence-electron chi connectivity index (χ2n) is 6.42. The van der Waals surface area contributed by atoms with E-state index in [0.29, 0.717) is 43.2 Å². The molecule has 3 aromatic rings. The van der Waals surface area contributed by atoms with Crippen molar-refractivity contribution in [2.24, 2.45) is 0 Å². The number of benzene rings is 2. The summed E-state index contributed by atoms with van der Waals surface area (Å²) in [5, 5.41) is 4.68. The molecule has 0 atom stereocenters. The third-order valence-corrected chi connectivity index (χ3v) is 5.62. The van der Waals surface area contributed by atoms with E-state index in [1.807, 2.05) is 11.5 Å². The Morgan fingerprint density at radius 1 is 1.26 bits per heavy atom. The average Bonchev–Trinajstić information content (AvgIpc) is 3.02. The fourth-order valence-corrected chi connectivity index (χ4v) is 4.54. The number of rotatable bonds is 2. The maximum Gasteiger partial charge on any atom is 0.340 e. The number of nitrogens with one attached hydrogen (secondary N) is 1. The second kappa shape index (κ2) is 6.89. The first-order valence-corrected chi connectivity index (χ1v) is 9.56. The van der Waals surface area contributed by atoms with Gasteiger partial charge in [-0.3, -0.25) is 0 Å². The molecule has 0 aliphatic carbocycles. The Hall–Kier alpha value is -1.95. The number of hydrogen-bond donors (Lipinski definition) is 1. The highest BCUT2D eigenvalue weighted by atomic mass is 35.5. The fourth-order valence-electron chi connectivity index (χ4n) is 3.56. The zero-order valence-corrected chi connectivity index (χ0v) is 17.0. The van der Waals surface area contributed by atoms with Crippen LogP contribution in [0.4, 0.5) is 5.95 Å². The van der Waals surface area contributed by atoms with Crippen LogP contribution in [-0.2, 0) is 11.3 Å². The molecule has 27 heavy (non-hydrogen) atoms. The molecule has 0 bridgehead atoms. The molecule has 1 N–H and O–H groups in total. The summed E-state index contributed by atoms with van der Waals surface area (Å²) in [6, 6.07) is 5.19. The van der Waals surface area contributed by atoms with Gasteiger partial charge >= 0.3 is 5.97 Å². The first-order valence-electron chi connectivity index (χ1n) is 8.43. The number of nitrogens with zero attached hydrogens (tertiary/aromatic N) is 2. The van der Waals surface area contributed by atoms with Gasteiger partial charge in [0.1, 0.15) is 5.52 Å². The summed E-state index contributed by atoms with van der Waals surface area (Å²) in [4.78, 5) is 17.2. The number of fused-ring (bicyclic) bond motifs is 3. The van der Waals surface area contributed by atoms with Crippen LogP contribution < -0.4 is 5.32 Å². The lowest BCUT2D eigenvalue weighted by Gasteiger charge is -2.17. The standard InChI is InChI=1S/C19H16Cl3N3O2/c1-9-6-10(20)7-13(21)14(9)11-8-12(18(26)27-2)17-16(15(11)22)24-19-23-4-3-5-25(17)19/h6-8H,3-5H2,1-2H3,(H,23,24). The highest BCUT2D eigenvalue weighted by Crippen LogP contribution is 2.43. The van der Waals surface area contributed by atoms with Crippen LogP contribution in [0.1, 0.15) is 22.3 Å². The molecule has 140 valence electrons. The molecule has 2 heterocycles. The van der Waals surface area contributed by atoms with Gasteiger partial charge in [0, 0.05) is 29.2 Å². The Bertz CT molecular complexity index is 1070. The Labute approximate surface area is 171 Å². The van der Waals surface area contributed by atoms with E-state index in [1.54, 1.807) is 18.2 Å². The molecule has 2 aromatic carbocycles. The zero-order chi connectivity index (χ0) is 19.3. The molecule has 0 amide bonds. The fraction of sp³-hybridized carbons (Fsp3) is 0.263. The van der Waals surface area contributed by atoms with Crippen molar-refractivity contribution in [1.82, 2.24) is 9.55 Å². The number of imidazole rings is 1. The highest BCUT2D eigenvalue weighted by molar-refractivity contribution is 6.41. The monoisotopic (exact) mass is 423 g/mol. The van der Waals surface area contributed by atoms with Gasteiger partial charge < -0.3 is 14.6 Å². The van der Waals surface area contributed by atoms with Crippen LogP contribution >= 0.6 is 34.8 Å². The zero-order valence-electron chi connectivity index (χ0n) is 14.7. The lowest BCUT2D eigenvalue weighted by molar-refractivity contribution is 0.0602. The lowest BCUT2D eigenvalue weighted by atomic mass is 9.97. The van der Waals surface area contributed by atoms with Gasteiger partial charge in [-0.2, -0.15) is 0 Å². The van der Waals surface area contributed by atoms with E-state index in [0.717, 1.165) is 30.6 Å². The molecule has 1 aliphatic rings. The number of aromatic nitrogens is 2. The van der Waals surface area contributed by atoms with E-state index >= 15 is 0 Å². The molecular weight excluding hydrogens is 409 g/mol. The quantitative estimate of drug-likeness (QED) is 0.546. The van der Waals surface area contributed by atoms with Crippen molar-refractivity contribution >= 4 is 57.8 Å². The van der Waals surface area contributed by atoms with Crippen LogP contribution in [0.15, 0.2) is 18.2 Å². The summed E-state index contributed by atoms with van der Waals surface area (Å²) in [6.07, 6.45) is 0.931. The minimum atomic E-state index is -0.450. The van der Waals surface area contributed by atoms with Crippen molar-refractivity contribution in [3.05, 3.63) is 44.4 Å². The van der Waals surface area contributed by atoms with E-state index in [2.05, 4.69) is 10.3 Å². The van der Waals surface area contributed by atoms with Crippen LogP contribution in [-0.4, -0.2) is 29.2 Å². The normalized spacial score (nSPS) is 13.4. The van der Waals surface area contributed by atoms with Crippen LogP contribution in [0.3, 0.4) is 0 Å². The molecule has 1 aliphatic heterocycles. The predicted octanol–water partition coefficient (Wildman–Crippen LogP) is 5.57. The van der Waals surface area contributed by atoms with Crippen molar-refractivity contribution in [2.45, 2.75) is 19.9 Å². The molecule has 0 saturated heterocycles. The third kappa shape index (κ3) is 2.94. The minimum absolute atomic E-state index is 0.403. The van der Waals surface area contributed by atoms with Crippen molar-refractivity contribution in [3.63, 3.8) is 0 Å². The van der Waals surface area contributed by atoms with Gasteiger partial charge in [-0.15, -0.1) is 0 Å². The van der Waals surface area contributed by atoms with Gasteiger partial charge in [-0.1, -0.05) is 34.8 Å². The van der Waals surface area contributed by atoms with Crippen LogP contribution in [0.2, 0.25) is 15.1 Å². The topological polar surface area (TPSA) is 56.1 Å². The van der Waals surface area contributed by atoms with Gasteiger partial charge in [0.05, 0.1) is 28.2 Å². The first-order chi connectivity index (χ1) is 12.9. The van der Waals surface area contributed by atoms with Crippen molar-refractivity contribution in [2.75, 3.05) is 19.0 Å². The van der Waals surface area contributed by atoms with Crippen LogP contribution in [0, 0.1) is 6.92 Å². The predicted molar refractivity (Wildman–Crippen MR) is 109 cm³/mol. The number of methoxy groups -OCH3 is 1. The van der Waals surface area contributed by atoms with Gasteiger partial charge in [-0.05, 0) is 37.1 Å². The molecule has 1 aromatic heterocycles. The maximum atomic E-state index is 12.5. The Kier molecular flexibility index (Phi) is 4.70. The number of anilines is 1. The number of ether oxygens (including phenoxy) is 1. The largest absolute Gasteiger partial charge is 0.465 e. The number of esters is 1. The highest BCUT2D eigenvalue weighted by Gasteiger charge is 2.26. The molecule has 8 heteroatoms. The Morgan fingerprint density at radius 3 is 2.74 bits per heavy atom. The molecule has 0 saturated carbocycles. The summed E-state index contributed by atoms with van der Waals surface area (Å²) in [7, 11) is 1.36. The number of aryl methyl sites for hydroxylation is 2. The average molecular weight is 425 g/mol. The van der Waals surface area contributed by atoms with E-state index in [9.17, 15) is 4.79 Å². The third-order valence-electron chi connectivity index (χ3n) is 4.72. The van der Waals surface area contributed by atoms with Gasteiger partial charge in [0.25, 0.3) is 0 Å². The maximum absolute atomic E-state index is 12.5. The van der Waals surface area contributed by atoms with E-state index < -0.39 is 5.97 Å². The van der Waals surface area contributed by atoms with Crippen LogP contribution in [0.5, 0.6) is 0 Å². The second-order valence-corrected chi connectivity index (χ2v) is 7.64. The molecule has 0 fully saturated rings. The Morgan fingerprint density at radius 2 is 2.04 bits per heavy atom. The van der Waals surface area contributed by atoms with Gasteiger partial charge in [-0.25, -0.2) is 9.78 Å². The van der Waals surface area contributed by atoms with E-state index in [-0.39, 0.29) is 0 Å². The number of halogens is 3. The number of carbonyl (C=O) groups excluding carboxylic acids is 1. The number of carbonyl (C=O) groups is 1. The van der Waals surface area contributed by atoms with E-state index in [4.69, 9.17) is 39.5 Å². The van der Waals surface area contributed by atoms with Crippen molar-refractivity contribution in [3.8, 4) is 11.1 Å². The van der Waals surface area contributed by atoms with E-state index in [1.165, 1.54) is 7.11 Å². The SMILES string of the molecule is COC(=O)c1cc(-c2c(C)cc(Cl)cc2Cl)c(Cl)c2nc3n(c12)CCCN3. The number of hydrogen-bond acceptors (Lipinski definition) is 4. The summed E-state index contributed by atoms with van der Waals surface area (Å²) < 4.78 is 6.99. The molecule has 0 radical (unpaired) electrons. The molecule has 0 unspecified atom stereocenters. The van der Waals surface area contributed by atoms with Crippen molar-refractivity contribution in [1.29, 1.82) is 0 Å². The summed E-state index contributed by atoms with van der Waals surface area (Å²) in [5.74, 6) is 0.244.